The Kier molecular flexibility index (Phi) is 6.23. The van der Waals surface area contributed by atoms with Crippen molar-refractivity contribution in [3.05, 3.63) is 28.3 Å². The van der Waals surface area contributed by atoms with Crippen LogP contribution < -0.4 is 10.1 Å². The van der Waals surface area contributed by atoms with Crippen LogP contribution in [0.15, 0.2) is 18.2 Å². The lowest BCUT2D eigenvalue weighted by atomic mass is 10.2. The van der Waals surface area contributed by atoms with Crippen LogP contribution in [0.2, 0.25) is 0 Å². The Balaban J connectivity index is 2.79. The number of rotatable bonds is 7. The van der Waals surface area contributed by atoms with Crippen molar-refractivity contribution >= 4 is 11.4 Å². The van der Waals surface area contributed by atoms with Crippen molar-refractivity contribution < 1.29 is 9.66 Å². The zero-order valence-corrected chi connectivity index (χ0v) is 11.2. The van der Waals surface area contributed by atoms with Crippen molar-refractivity contribution in [3.8, 4) is 17.6 Å². The Morgan fingerprint density at radius 2 is 2.21 bits per heavy atom. The number of nitro groups is 1. The third-order valence-corrected chi connectivity index (χ3v) is 2.33. The standard InChI is InChI=1S/C14H18N2O3/c1-3-5-6-7-15-12-9-13(16(17)18)11-14(10-12)19-8-4-2/h9-11,15H,4,6-8H2,1-2H3. The molecule has 0 aromatic heterocycles. The summed E-state index contributed by atoms with van der Waals surface area (Å²) in [6.07, 6.45) is 1.56. The average molecular weight is 262 g/mol. The second kappa shape index (κ2) is 7.98. The van der Waals surface area contributed by atoms with E-state index in [9.17, 15) is 10.1 Å². The first-order valence-electron chi connectivity index (χ1n) is 6.23. The molecule has 0 saturated heterocycles. The molecule has 1 aromatic carbocycles. The molecule has 0 saturated carbocycles. The molecule has 5 heteroatoms. The zero-order chi connectivity index (χ0) is 14.1. The second-order valence-corrected chi connectivity index (χ2v) is 3.92. The average Bonchev–Trinajstić information content (AvgIpc) is 2.41. The Morgan fingerprint density at radius 1 is 1.42 bits per heavy atom. The van der Waals surface area contributed by atoms with E-state index < -0.39 is 4.92 Å². The summed E-state index contributed by atoms with van der Waals surface area (Å²) in [6, 6.07) is 4.70. The van der Waals surface area contributed by atoms with Crippen LogP contribution in [0.5, 0.6) is 5.75 Å². The zero-order valence-electron chi connectivity index (χ0n) is 11.2. The largest absolute Gasteiger partial charge is 0.493 e. The smallest absolute Gasteiger partial charge is 0.275 e. The van der Waals surface area contributed by atoms with Crippen LogP contribution in [0.4, 0.5) is 11.4 Å². The van der Waals surface area contributed by atoms with Gasteiger partial charge in [0.15, 0.2) is 0 Å². The minimum absolute atomic E-state index is 0.0256. The van der Waals surface area contributed by atoms with E-state index in [1.807, 2.05) is 6.92 Å². The molecular formula is C14H18N2O3. The molecule has 0 aliphatic rings. The summed E-state index contributed by atoms with van der Waals surface area (Å²) < 4.78 is 5.44. The molecule has 0 atom stereocenters. The molecule has 0 radical (unpaired) electrons. The van der Waals surface area contributed by atoms with Crippen molar-refractivity contribution in [2.24, 2.45) is 0 Å². The van der Waals surface area contributed by atoms with E-state index >= 15 is 0 Å². The highest BCUT2D eigenvalue weighted by atomic mass is 16.6. The molecule has 0 heterocycles. The molecule has 0 bridgehead atoms. The molecule has 1 rings (SSSR count). The first-order valence-corrected chi connectivity index (χ1v) is 6.23. The first kappa shape index (κ1) is 14.8. The van der Waals surface area contributed by atoms with Gasteiger partial charge in [0.2, 0.25) is 0 Å². The molecular weight excluding hydrogens is 244 g/mol. The van der Waals surface area contributed by atoms with E-state index in [-0.39, 0.29) is 5.69 Å². The maximum atomic E-state index is 10.9. The molecule has 5 nitrogen and oxygen atoms in total. The molecule has 1 aromatic rings. The first-order chi connectivity index (χ1) is 9.17. The summed E-state index contributed by atoms with van der Waals surface area (Å²) >= 11 is 0. The van der Waals surface area contributed by atoms with E-state index in [0.717, 1.165) is 6.42 Å². The van der Waals surface area contributed by atoms with Gasteiger partial charge in [0.25, 0.3) is 5.69 Å². The number of hydrogen-bond donors (Lipinski definition) is 1. The van der Waals surface area contributed by atoms with E-state index in [1.165, 1.54) is 12.1 Å². The molecule has 1 N–H and O–H groups in total. The normalized spacial score (nSPS) is 9.37. The van der Waals surface area contributed by atoms with Crippen molar-refractivity contribution in [3.63, 3.8) is 0 Å². The van der Waals surface area contributed by atoms with E-state index in [4.69, 9.17) is 4.74 Å². The van der Waals surface area contributed by atoms with Crippen LogP contribution >= 0.6 is 0 Å². The Bertz CT molecular complexity index is 489. The minimum Gasteiger partial charge on any atom is -0.493 e. The van der Waals surface area contributed by atoms with Gasteiger partial charge in [-0.25, -0.2) is 0 Å². The fraction of sp³-hybridized carbons (Fsp3) is 0.429. The predicted molar refractivity (Wildman–Crippen MR) is 75.4 cm³/mol. The second-order valence-electron chi connectivity index (χ2n) is 3.92. The van der Waals surface area contributed by atoms with Crippen LogP contribution in [0.3, 0.4) is 0 Å². The molecule has 0 aliphatic heterocycles. The predicted octanol–water partition coefficient (Wildman–Crippen LogP) is 3.21. The topological polar surface area (TPSA) is 64.4 Å². The van der Waals surface area contributed by atoms with Crippen LogP contribution in [0.1, 0.15) is 26.7 Å². The van der Waals surface area contributed by atoms with Gasteiger partial charge in [0.1, 0.15) is 5.75 Å². The number of hydrogen-bond acceptors (Lipinski definition) is 4. The van der Waals surface area contributed by atoms with Gasteiger partial charge in [0, 0.05) is 30.8 Å². The minimum atomic E-state index is -0.421. The highest BCUT2D eigenvalue weighted by Gasteiger charge is 2.10. The molecule has 19 heavy (non-hydrogen) atoms. The summed E-state index contributed by atoms with van der Waals surface area (Å²) in [7, 11) is 0. The third kappa shape index (κ3) is 5.30. The molecule has 0 fully saturated rings. The Morgan fingerprint density at radius 3 is 2.84 bits per heavy atom. The van der Waals surface area contributed by atoms with Crippen molar-refractivity contribution in [2.75, 3.05) is 18.5 Å². The fourth-order valence-electron chi connectivity index (χ4n) is 1.49. The lowest BCUT2D eigenvalue weighted by Gasteiger charge is -2.08. The summed E-state index contributed by atoms with van der Waals surface area (Å²) in [4.78, 5) is 10.4. The van der Waals surface area contributed by atoms with E-state index in [1.54, 1.807) is 13.0 Å². The highest BCUT2D eigenvalue weighted by Crippen LogP contribution is 2.26. The molecule has 102 valence electrons. The lowest BCUT2D eigenvalue weighted by molar-refractivity contribution is -0.384. The Labute approximate surface area is 113 Å². The van der Waals surface area contributed by atoms with Crippen molar-refractivity contribution in [1.82, 2.24) is 0 Å². The monoisotopic (exact) mass is 262 g/mol. The number of ether oxygens (including phenoxy) is 1. The number of non-ortho nitro benzene ring substituents is 1. The third-order valence-electron chi connectivity index (χ3n) is 2.33. The lowest BCUT2D eigenvalue weighted by Crippen LogP contribution is -2.03. The highest BCUT2D eigenvalue weighted by molar-refractivity contribution is 5.56. The van der Waals surface area contributed by atoms with Gasteiger partial charge in [-0.15, -0.1) is 11.8 Å². The summed E-state index contributed by atoms with van der Waals surface area (Å²) in [5, 5.41) is 14.0. The van der Waals surface area contributed by atoms with Gasteiger partial charge >= 0.3 is 0 Å². The number of nitro benzene ring substituents is 1. The van der Waals surface area contributed by atoms with Crippen LogP contribution in [0, 0.1) is 22.0 Å². The van der Waals surface area contributed by atoms with Gasteiger partial charge in [0.05, 0.1) is 17.6 Å². The molecule has 0 spiro atoms. The molecule has 0 amide bonds. The van der Waals surface area contributed by atoms with E-state index in [2.05, 4.69) is 17.2 Å². The van der Waals surface area contributed by atoms with Gasteiger partial charge in [-0.3, -0.25) is 10.1 Å². The van der Waals surface area contributed by atoms with Gasteiger partial charge in [-0.1, -0.05) is 6.92 Å². The number of anilines is 1. The maximum absolute atomic E-state index is 10.9. The summed E-state index contributed by atoms with van der Waals surface area (Å²) in [6.45, 7) is 4.96. The SMILES string of the molecule is CC#CCCNc1cc(OCCC)cc([N+](=O)[O-])c1. The summed E-state index contributed by atoms with van der Waals surface area (Å²) in [5.41, 5.74) is 0.705. The number of nitrogens with one attached hydrogen (secondary N) is 1. The number of benzene rings is 1. The van der Waals surface area contributed by atoms with Crippen LogP contribution in [0.25, 0.3) is 0 Å². The van der Waals surface area contributed by atoms with Gasteiger partial charge in [-0.05, 0) is 13.3 Å². The van der Waals surface area contributed by atoms with Crippen molar-refractivity contribution in [1.29, 1.82) is 0 Å². The quantitative estimate of drug-likeness (QED) is 0.354. The fourth-order valence-corrected chi connectivity index (χ4v) is 1.49. The van der Waals surface area contributed by atoms with Gasteiger partial charge in [-0.2, -0.15) is 0 Å². The maximum Gasteiger partial charge on any atom is 0.275 e. The van der Waals surface area contributed by atoms with Crippen LogP contribution in [-0.4, -0.2) is 18.1 Å². The van der Waals surface area contributed by atoms with Crippen molar-refractivity contribution in [2.45, 2.75) is 26.7 Å². The molecule has 0 aliphatic carbocycles. The summed E-state index contributed by atoms with van der Waals surface area (Å²) in [5.74, 6) is 6.24. The number of nitrogens with zero attached hydrogens (tertiary/aromatic N) is 1. The molecule has 0 unspecified atom stereocenters. The van der Waals surface area contributed by atoms with Crippen LogP contribution in [-0.2, 0) is 0 Å². The Hall–Kier alpha value is -2.22. The van der Waals surface area contributed by atoms with Gasteiger partial charge < -0.3 is 10.1 Å². The van der Waals surface area contributed by atoms with E-state index in [0.29, 0.717) is 31.0 Å².